The average molecular weight is 399 g/mol. The molecule has 7 heteroatoms. The number of hydrogen-bond donors (Lipinski definition) is 2. The van der Waals surface area contributed by atoms with Gasteiger partial charge < -0.3 is 24.6 Å². The van der Waals surface area contributed by atoms with Crippen molar-refractivity contribution in [3.05, 3.63) is 60.2 Å². The van der Waals surface area contributed by atoms with Crippen molar-refractivity contribution in [3.8, 4) is 11.5 Å². The minimum Gasteiger partial charge on any atom is -0.489 e. The zero-order valence-electron chi connectivity index (χ0n) is 16.1. The topological polar surface area (TPSA) is 94.1 Å². The third-order valence-corrected chi connectivity index (χ3v) is 4.69. The Labute approximate surface area is 169 Å². The van der Waals surface area contributed by atoms with Crippen LogP contribution in [0.4, 0.5) is 0 Å². The molecule has 29 heavy (non-hydrogen) atoms. The highest BCUT2D eigenvalue weighted by Gasteiger charge is 2.31. The minimum absolute atomic E-state index is 0.230. The van der Waals surface area contributed by atoms with Crippen molar-refractivity contribution in [2.45, 2.75) is 25.5 Å². The van der Waals surface area contributed by atoms with E-state index in [0.717, 1.165) is 12.0 Å². The van der Waals surface area contributed by atoms with Gasteiger partial charge in [0.2, 0.25) is 0 Å². The molecule has 2 N–H and O–H groups in total. The molecule has 0 bridgehead atoms. The maximum Gasteiger partial charge on any atom is 0.326 e. The molecule has 0 aromatic heterocycles. The van der Waals surface area contributed by atoms with Gasteiger partial charge in [0, 0.05) is 12.5 Å². The van der Waals surface area contributed by atoms with Gasteiger partial charge in [-0.2, -0.15) is 0 Å². The van der Waals surface area contributed by atoms with Gasteiger partial charge in [-0.05, 0) is 42.7 Å². The molecule has 1 heterocycles. The summed E-state index contributed by atoms with van der Waals surface area (Å²) in [5.41, 5.74) is 1.07. The largest absolute Gasteiger partial charge is 0.489 e. The first-order chi connectivity index (χ1) is 14.1. The van der Waals surface area contributed by atoms with Gasteiger partial charge in [0.15, 0.2) is 6.61 Å². The highest BCUT2D eigenvalue weighted by Crippen LogP contribution is 2.20. The molecule has 2 atom stereocenters. The zero-order valence-corrected chi connectivity index (χ0v) is 16.1. The van der Waals surface area contributed by atoms with E-state index in [1.807, 2.05) is 30.3 Å². The molecule has 0 saturated carbocycles. The van der Waals surface area contributed by atoms with Crippen molar-refractivity contribution in [3.63, 3.8) is 0 Å². The third-order valence-electron chi connectivity index (χ3n) is 4.69. The fourth-order valence-corrected chi connectivity index (χ4v) is 3.15. The fraction of sp³-hybridized carbons (Fsp3) is 0.364. The van der Waals surface area contributed by atoms with Crippen molar-refractivity contribution in [1.29, 1.82) is 0 Å². The summed E-state index contributed by atoms with van der Waals surface area (Å²) in [6, 6.07) is 15.8. The minimum atomic E-state index is -1.06. The number of carbonyl (C=O) groups excluding carboxylic acids is 1. The highest BCUT2D eigenvalue weighted by molar-refractivity contribution is 5.84. The van der Waals surface area contributed by atoms with Crippen LogP contribution in [0.2, 0.25) is 0 Å². The first kappa shape index (κ1) is 20.7. The molecule has 1 saturated heterocycles. The summed E-state index contributed by atoms with van der Waals surface area (Å²) in [5, 5.41) is 11.9. The van der Waals surface area contributed by atoms with Crippen LogP contribution in [-0.2, 0) is 20.9 Å². The van der Waals surface area contributed by atoms with Gasteiger partial charge in [-0.3, -0.25) is 4.79 Å². The van der Waals surface area contributed by atoms with E-state index in [2.05, 4.69) is 5.32 Å². The van der Waals surface area contributed by atoms with E-state index in [0.29, 0.717) is 37.7 Å². The Morgan fingerprint density at radius 3 is 2.38 bits per heavy atom. The number of hydrogen-bond acceptors (Lipinski definition) is 5. The van der Waals surface area contributed by atoms with Crippen molar-refractivity contribution in [1.82, 2.24) is 5.32 Å². The predicted octanol–water partition coefficient (Wildman–Crippen LogP) is 2.64. The van der Waals surface area contributed by atoms with Crippen LogP contribution in [-0.4, -0.2) is 42.8 Å². The first-order valence-electron chi connectivity index (χ1n) is 9.61. The van der Waals surface area contributed by atoms with Gasteiger partial charge in [0.1, 0.15) is 24.1 Å². The van der Waals surface area contributed by atoms with Crippen LogP contribution in [0.5, 0.6) is 11.5 Å². The lowest BCUT2D eigenvalue weighted by Crippen LogP contribution is -2.49. The van der Waals surface area contributed by atoms with Gasteiger partial charge in [-0.25, -0.2) is 4.79 Å². The zero-order chi connectivity index (χ0) is 20.5. The van der Waals surface area contributed by atoms with Gasteiger partial charge in [0.25, 0.3) is 5.91 Å². The van der Waals surface area contributed by atoms with E-state index < -0.39 is 17.9 Å². The van der Waals surface area contributed by atoms with Crippen LogP contribution in [0.25, 0.3) is 0 Å². The van der Waals surface area contributed by atoms with Crippen LogP contribution < -0.4 is 14.8 Å². The Hall–Kier alpha value is -3.06. The van der Waals surface area contributed by atoms with Gasteiger partial charge >= 0.3 is 5.97 Å². The second-order valence-electron chi connectivity index (χ2n) is 6.89. The summed E-state index contributed by atoms with van der Waals surface area (Å²) in [6.07, 6.45) is 1.50. The van der Waals surface area contributed by atoms with E-state index >= 15 is 0 Å². The van der Waals surface area contributed by atoms with Crippen LogP contribution in [0.15, 0.2) is 54.6 Å². The fourth-order valence-electron chi connectivity index (χ4n) is 3.15. The molecule has 3 rings (SSSR count). The number of rotatable bonds is 9. The summed E-state index contributed by atoms with van der Waals surface area (Å²) in [5.74, 6) is -0.582. The second kappa shape index (κ2) is 10.5. The van der Waals surface area contributed by atoms with Crippen LogP contribution in [0, 0.1) is 5.92 Å². The molecular formula is C22H25NO6. The Kier molecular flexibility index (Phi) is 7.47. The lowest BCUT2D eigenvalue weighted by Gasteiger charge is -2.28. The molecule has 0 spiro atoms. The van der Waals surface area contributed by atoms with Crippen molar-refractivity contribution in [2.24, 2.45) is 5.92 Å². The van der Waals surface area contributed by atoms with Gasteiger partial charge in [0.05, 0.1) is 6.61 Å². The number of nitrogens with one attached hydrogen (secondary N) is 1. The number of benzene rings is 2. The first-order valence-corrected chi connectivity index (χ1v) is 9.61. The number of carboxylic acids is 1. The van der Waals surface area contributed by atoms with E-state index in [1.165, 1.54) is 0 Å². The van der Waals surface area contributed by atoms with Crippen molar-refractivity contribution in [2.75, 3.05) is 19.8 Å². The predicted molar refractivity (Wildman–Crippen MR) is 106 cm³/mol. The Bertz CT molecular complexity index is 787. The van der Waals surface area contributed by atoms with Crippen molar-refractivity contribution < 1.29 is 28.9 Å². The molecule has 7 nitrogen and oxygen atoms in total. The number of carboxylic acid groups (broad SMARTS) is 1. The molecule has 1 fully saturated rings. The summed E-state index contributed by atoms with van der Waals surface area (Å²) in [6.45, 7) is 1.17. The molecule has 2 aromatic carbocycles. The molecule has 1 aliphatic rings. The summed E-state index contributed by atoms with van der Waals surface area (Å²) in [7, 11) is 0. The average Bonchev–Trinajstić information content (AvgIpc) is 2.76. The number of ether oxygens (including phenoxy) is 3. The van der Waals surface area contributed by atoms with Gasteiger partial charge in [-0.15, -0.1) is 0 Å². The van der Waals surface area contributed by atoms with E-state index in [9.17, 15) is 14.7 Å². The number of carbonyl (C=O) groups is 2. The monoisotopic (exact) mass is 399 g/mol. The normalized spacial score (nSPS) is 17.2. The molecule has 0 aliphatic carbocycles. The van der Waals surface area contributed by atoms with Gasteiger partial charge in [-0.1, -0.05) is 30.3 Å². The van der Waals surface area contributed by atoms with Crippen molar-refractivity contribution >= 4 is 11.9 Å². The van der Waals surface area contributed by atoms with E-state index in [4.69, 9.17) is 14.2 Å². The molecule has 2 unspecified atom stereocenters. The molecular weight excluding hydrogens is 374 g/mol. The molecule has 1 aliphatic heterocycles. The van der Waals surface area contributed by atoms with Crippen LogP contribution in [0.3, 0.4) is 0 Å². The van der Waals surface area contributed by atoms with E-state index in [-0.39, 0.29) is 12.5 Å². The smallest absolute Gasteiger partial charge is 0.326 e. The highest BCUT2D eigenvalue weighted by atomic mass is 16.5. The number of amides is 1. The maximum absolute atomic E-state index is 12.1. The van der Waals surface area contributed by atoms with E-state index in [1.54, 1.807) is 24.3 Å². The van der Waals surface area contributed by atoms with Crippen LogP contribution in [0.1, 0.15) is 18.4 Å². The molecule has 0 radical (unpaired) electrons. The molecule has 1 amide bonds. The number of aliphatic carboxylic acids is 1. The quantitative estimate of drug-likeness (QED) is 0.673. The third kappa shape index (κ3) is 6.50. The molecule has 2 aromatic rings. The summed E-state index contributed by atoms with van der Waals surface area (Å²) < 4.78 is 16.5. The Balaban J connectivity index is 1.45. The van der Waals surface area contributed by atoms with Crippen LogP contribution >= 0.6 is 0 Å². The second-order valence-corrected chi connectivity index (χ2v) is 6.89. The summed E-state index contributed by atoms with van der Waals surface area (Å²) in [4.78, 5) is 23.6. The lowest BCUT2D eigenvalue weighted by molar-refractivity contribution is -0.145. The lowest BCUT2D eigenvalue weighted by atomic mass is 9.94. The molecule has 154 valence electrons. The Morgan fingerprint density at radius 1 is 1.07 bits per heavy atom. The maximum atomic E-state index is 12.1. The summed E-state index contributed by atoms with van der Waals surface area (Å²) >= 11 is 0. The SMILES string of the molecule is O=C(COc1ccc(OCc2ccccc2)cc1)NC(C(=O)O)C1CCCOC1. The standard InChI is InChI=1S/C22H25NO6/c24-20(23-21(22(25)26)17-7-4-12-27-14-17)15-29-19-10-8-18(9-11-19)28-13-16-5-2-1-3-6-16/h1-3,5-6,8-11,17,21H,4,7,12-15H2,(H,23,24)(H,25,26). The Morgan fingerprint density at radius 2 is 1.76 bits per heavy atom.